The number of nitriles is 1. The summed E-state index contributed by atoms with van der Waals surface area (Å²) in [6.45, 7) is 3.59. The molecular formula is C28H26BrN3O4. The van der Waals surface area contributed by atoms with Gasteiger partial charge >= 0.3 is 0 Å². The quantitative estimate of drug-likeness (QED) is 0.269. The number of aryl methyl sites for hydroxylation is 1. The van der Waals surface area contributed by atoms with Gasteiger partial charge in [0.05, 0.1) is 13.2 Å². The molecule has 0 spiro atoms. The number of hydrogen-bond donors (Lipinski definition) is 2. The lowest BCUT2D eigenvalue weighted by Crippen LogP contribution is -2.27. The zero-order chi connectivity index (χ0) is 26.1. The fraction of sp³-hybridized carbons (Fsp3) is 0.179. The van der Waals surface area contributed by atoms with Crippen molar-refractivity contribution in [2.24, 2.45) is 0 Å². The Kier molecular flexibility index (Phi) is 9.25. The Hall–Kier alpha value is -4.09. The summed E-state index contributed by atoms with van der Waals surface area (Å²) in [5, 5.41) is 15.2. The van der Waals surface area contributed by atoms with E-state index in [0.29, 0.717) is 27.2 Å². The molecule has 0 heterocycles. The maximum atomic E-state index is 12.7. The monoisotopic (exact) mass is 547 g/mol. The summed E-state index contributed by atoms with van der Waals surface area (Å²) >= 11 is 3.45. The van der Waals surface area contributed by atoms with Crippen molar-refractivity contribution in [1.82, 2.24) is 5.32 Å². The van der Waals surface area contributed by atoms with Gasteiger partial charge in [0.25, 0.3) is 11.8 Å². The molecule has 0 aliphatic heterocycles. The Morgan fingerprint density at radius 3 is 2.42 bits per heavy atom. The van der Waals surface area contributed by atoms with Gasteiger partial charge in [-0.3, -0.25) is 9.59 Å². The molecule has 36 heavy (non-hydrogen) atoms. The van der Waals surface area contributed by atoms with Gasteiger partial charge in [-0.25, -0.2) is 0 Å². The molecule has 2 amide bonds. The molecule has 7 nitrogen and oxygen atoms in total. The molecule has 0 aromatic heterocycles. The Bertz CT molecular complexity index is 1300. The average Bonchev–Trinajstić information content (AvgIpc) is 2.88. The van der Waals surface area contributed by atoms with Crippen molar-refractivity contribution in [2.45, 2.75) is 19.9 Å². The summed E-state index contributed by atoms with van der Waals surface area (Å²) in [7, 11) is 1.47. The minimum atomic E-state index is -0.493. The van der Waals surface area contributed by atoms with Crippen LogP contribution in [0.5, 0.6) is 11.5 Å². The molecule has 2 N–H and O–H groups in total. The zero-order valence-electron chi connectivity index (χ0n) is 20.2. The van der Waals surface area contributed by atoms with E-state index in [0.717, 1.165) is 11.1 Å². The standard InChI is InChI=1S/C28H26BrN3O4/c1-18-9-11-23(12-10-18)32-27(33)17-36-26-15-24(29)21(14-25(26)35-3)13-22(16-30)28(34)31-19(2)20-7-5-4-6-8-20/h4-15,19H,17H2,1-3H3,(H,31,34)(H,32,33)/b22-13-/t19-/m0/s1. The number of ether oxygens (including phenoxy) is 2. The maximum absolute atomic E-state index is 12.7. The number of halogens is 1. The molecule has 0 bridgehead atoms. The van der Waals surface area contributed by atoms with Crippen LogP contribution in [0.4, 0.5) is 5.69 Å². The first-order valence-corrected chi connectivity index (χ1v) is 11.9. The van der Waals surface area contributed by atoms with E-state index in [1.54, 1.807) is 12.1 Å². The third-order valence-corrected chi connectivity index (χ3v) is 5.98. The van der Waals surface area contributed by atoms with Crippen molar-refractivity contribution in [3.05, 3.63) is 93.5 Å². The van der Waals surface area contributed by atoms with E-state index in [-0.39, 0.29) is 24.1 Å². The number of carbonyl (C=O) groups is 2. The zero-order valence-corrected chi connectivity index (χ0v) is 21.8. The van der Waals surface area contributed by atoms with Crippen LogP contribution < -0.4 is 20.1 Å². The smallest absolute Gasteiger partial charge is 0.262 e. The van der Waals surface area contributed by atoms with Crippen LogP contribution in [0.3, 0.4) is 0 Å². The minimum absolute atomic E-state index is 0.0633. The molecule has 0 saturated heterocycles. The first-order valence-electron chi connectivity index (χ1n) is 11.1. The van der Waals surface area contributed by atoms with Gasteiger partial charge in [0.15, 0.2) is 18.1 Å². The van der Waals surface area contributed by atoms with Crippen LogP contribution in [0.25, 0.3) is 6.08 Å². The second-order valence-corrected chi connectivity index (χ2v) is 8.86. The van der Waals surface area contributed by atoms with Gasteiger partial charge in [0.2, 0.25) is 0 Å². The van der Waals surface area contributed by atoms with Crippen molar-refractivity contribution in [3.8, 4) is 17.6 Å². The van der Waals surface area contributed by atoms with Gasteiger partial charge in [-0.1, -0.05) is 64.0 Å². The van der Waals surface area contributed by atoms with E-state index in [4.69, 9.17) is 9.47 Å². The van der Waals surface area contributed by atoms with Gasteiger partial charge < -0.3 is 20.1 Å². The van der Waals surface area contributed by atoms with Crippen molar-refractivity contribution in [2.75, 3.05) is 19.0 Å². The van der Waals surface area contributed by atoms with Gasteiger partial charge in [-0.2, -0.15) is 5.26 Å². The van der Waals surface area contributed by atoms with E-state index in [2.05, 4.69) is 26.6 Å². The number of rotatable bonds is 9. The van der Waals surface area contributed by atoms with Crippen molar-refractivity contribution >= 4 is 39.5 Å². The molecule has 3 aromatic rings. The molecule has 0 unspecified atom stereocenters. The topological polar surface area (TPSA) is 100 Å². The summed E-state index contributed by atoms with van der Waals surface area (Å²) in [5.41, 5.74) is 3.18. The number of benzene rings is 3. The number of nitrogens with zero attached hydrogens (tertiary/aromatic N) is 1. The van der Waals surface area contributed by atoms with Crippen LogP contribution in [-0.2, 0) is 9.59 Å². The van der Waals surface area contributed by atoms with E-state index in [1.165, 1.54) is 13.2 Å². The predicted molar refractivity (Wildman–Crippen MR) is 143 cm³/mol. The van der Waals surface area contributed by atoms with Crippen LogP contribution in [0.1, 0.15) is 29.7 Å². The molecular weight excluding hydrogens is 522 g/mol. The first-order chi connectivity index (χ1) is 17.3. The lowest BCUT2D eigenvalue weighted by atomic mass is 10.1. The second kappa shape index (κ2) is 12.6. The van der Waals surface area contributed by atoms with Crippen LogP contribution in [0, 0.1) is 18.3 Å². The third kappa shape index (κ3) is 7.20. The number of anilines is 1. The van der Waals surface area contributed by atoms with Gasteiger partial charge in [-0.05, 0) is 55.3 Å². The first kappa shape index (κ1) is 26.5. The van der Waals surface area contributed by atoms with E-state index in [1.807, 2.05) is 74.5 Å². The fourth-order valence-corrected chi connectivity index (χ4v) is 3.75. The summed E-state index contributed by atoms with van der Waals surface area (Å²) in [6, 6.07) is 21.9. The van der Waals surface area contributed by atoms with Crippen LogP contribution in [0.15, 0.2) is 76.8 Å². The normalized spacial score (nSPS) is 11.7. The SMILES string of the molecule is COc1cc(/C=C(/C#N)C(=O)N[C@@H](C)c2ccccc2)c(Br)cc1OCC(=O)Nc1ccc(C)cc1. The number of methoxy groups -OCH3 is 1. The Morgan fingerprint density at radius 1 is 1.08 bits per heavy atom. The molecule has 1 atom stereocenters. The lowest BCUT2D eigenvalue weighted by Gasteiger charge is -2.15. The third-order valence-electron chi connectivity index (χ3n) is 5.29. The molecule has 184 valence electrons. The number of nitrogens with one attached hydrogen (secondary N) is 2. The van der Waals surface area contributed by atoms with E-state index >= 15 is 0 Å². The number of carbonyl (C=O) groups excluding carboxylic acids is 2. The largest absolute Gasteiger partial charge is 0.493 e. The summed E-state index contributed by atoms with van der Waals surface area (Å²) in [4.78, 5) is 25.0. The number of hydrogen-bond acceptors (Lipinski definition) is 5. The molecule has 8 heteroatoms. The molecule has 0 fully saturated rings. The van der Waals surface area contributed by atoms with Crippen LogP contribution in [-0.4, -0.2) is 25.5 Å². The van der Waals surface area contributed by atoms with Gasteiger partial charge in [0, 0.05) is 10.2 Å². The Morgan fingerprint density at radius 2 is 1.78 bits per heavy atom. The Balaban J connectivity index is 1.71. The van der Waals surface area contributed by atoms with Crippen molar-refractivity contribution in [1.29, 1.82) is 5.26 Å². The van der Waals surface area contributed by atoms with E-state index in [9.17, 15) is 14.9 Å². The molecule has 3 aromatic carbocycles. The second-order valence-electron chi connectivity index (χ2n) is 8.00. The minimum Gasteiger partial charge on any atom is -0.493 e. The van der Waals surface area contributed by atoms with Crippen molar-refractivity contribution < 1.29 is 19.1 Å². The number of amides is 2. The van der Waals surface area contributed by atoms with E-state index < -0.39 is 5.91 Å². The highest BCUT2D eigenvalue weighted by atomic mass is 79.9. The lowest BCUT2D eigenvalue weighted by molar-refractivity contribution is -0.118. The Labute approximate surface area is 218 Å². The molecule has 0 aliphatic rings. The van der Waals surface area contributed by atoms with Gasteiger partial charge in [0.1, 0.15) is 11.6 Å². The van der Waals surface area contributed by atoms with Crippen LogP contribution >= 0.6 is 15.9 Å². The highest BCUT2D eigenvalue weighted by Crippen LogP contribution is 2.34. The summed E-state index contributed by atoms with van der Waals surface area (Å²) in [5.74, 6) is -0.131. The van der Waals surface area contributed by atoms with Gasteiger partial charge in [-0.15, -0.1) is 0 Å². The highest BCUT2D eigenvalue weighted by Gasteiger charge is 2.16. The summed E-state index contributed by atoms with van der Waals surface area (Å²) in [6.07, 6.45) is 1.47. The fourth-order valence-electron chi connectivity index (χ4n) is 3.31. The maximum Gasteiger partial charge on any atom is 0.262 e. The molecule has 0 aliphatic carbocycles. The molecule has 0 radical (unpaired) electrons. The summed E-state index contributed by atoms with van der Waals surface area (Å²) < 4.78 is 11.6. The molecule has 3 rings (SSSR count). The van der Waals surface area contributed by atoms with Crippen LogP contribution in [0.2, 0.25) is 0 Å². The van der Waals surface area contributed by atoms with Crippen molar-refractivity contribution in [3.63, 3.8) is 0 Å². The molecule has 0 saturated carbocycles. The highest BCUT2D eigenvalue weighted by molar-refractivity contribution is 9.10. The predicted octanol–water partition coefficient (Wildman–Crippen LogP) is 5.57. The average molecular weight is 548 g/mol.